The van der Waals surface area contributed by atoms with Gasteiger partial charge in [0, 0.05) is 18.2 Å². The van der Waals surface area contributed by atoms with Crippen LogP contribution in [0.15, 0.2) is 24.3 Å². The van der Waals surface area contributed by atoms with E-state index in [0.717, 1.165) is 4.90 Å². The van der Waals surface area contributed by atoms with E-state index in [-0.39, 0.29) is 24.8 Å². The van der Waals surface area contributed by atoms with E-state index < -0.39 is 11.8 Å². The fraction of sp³-hybridized carbons (Fsp3) is 0.500. The summed E-state index contributed by atoms with van der Waals surface area (Å²) in [6, 6.07) is 4.98. The Balaban J connectivity index is 2.20. The van der Waals surface area contributed by atoms with E-state index >= 15 is 0 Å². The normalized spacial score (nSPS) is 15.0. The van der Waals surface area contributed by atoms with Gasteiger partial charge in [-0.05, 0) is 37.1 Å². The van der Waals surface area contributed by atoms with Gasteiger partial charge in [0.2, 0.25) is 0 Å². The van der Waals surface area contributed by atoms with E-state index in [4.69, 9.17) is 9.84 Å². The Hall–Kier alpha value is -1.69. The van der Waals surface area contributed by atoms with E-state index in [1.807, 2.05) is 0 Å². The van der Waals surface area contributed by atoms with Crippen LogP contribution in [0.3, 0.4) is 0 Å². The number of alkyl halides is 2. The fourth-order valence-electron chi connectivity index (χ4n) is 2.05. The van der Waals surface area contributed by atoms with Crippen LogP contribution in [0.4, 0.5) is 8.78 Å². The Morgan fingerprint density at radius 1 is 1.40 bits per heavy atom. The minimum atomic E-state index is -3.59. The lowest BCUT2D eigenvalue weighted by Gasteiger charge is -2.26. The molecule has 0 unspecified atom stereocenters. The number of hydrogen-bond donors (Lipinski definition) is 1. The van der Waals surface area contributed by atoms with Gasteiger partial charge in [-0.2, -0.15) is 8.78 Å². The minimum Gasteiger partial charge on any atom is -0.497 e. The quantitative estimate of drug-likeness (QED) is 0.866. The van der Waals surface area contributed by atoms with E-state index in [1.54, 1.807) is 0 Å². The lowest BCUT2D eigenvalue weighted by Crippen LogP contribution is -2.44. The molecular weight excluding hydrogens is 268 g/mol. The molecule has 1 aromatic carbocycles. The summed E-state index contributed by atoms with van der Waals surface area (Å²) in [5, 5.41) is 8.91. The second-order valence-electron chi connectivity index (χ2n) is 4.76. The number of aliphatic hydroxyl groups is 1. The molecule has 0 saturated heterocycles. The molecule has 110 valence electrons. The van der Waals surface area contributed by atoms with Crippen molar-refractivity contribution in [1.82, 2.24) is 4.90 Å². The molecule has 2 rings (SSSR count). The van der Waals surface area contributed by atoms with Crippen molar-refractivity contribution < 1.29 is 23.4 Å². The van der Waals surface area contributed by atoms with Crippen molar-refractivity contribution in [3.8, 4) is 5.75 Å². The lowest BCUT2D eigenvalue weighted by atomic mass is 10.1. The van der Waals surface area contributed by atoms with Gasteiger partial charge in [0.15, 0.2) is 0 Å². The van der Waals surface area contributed by atoms with Crippen LogP contribution in [-0.4, -0.2) is 42.2 Å². The maximum atomic E-state index is 14.2. The zero-order valence-corrected chi connectivity index (χ0v) is 11.2. The first-order valence-electron chi connectivity index (χ1n) is 6.45. The third-order valence-electron chi connectivity index (χ3n) is 3.31. The second-order valence-corrected chi connectivity index (χ2v) is 4.76. The van der Waals surface area contributed by atoms with Crippen molar-refractivity contribution in [2.75, 3.05) is 20.3 Å². The Labute approximate surface area is 116 Å². The zero-order chi connectivity index (χ0) is 14.8. The van der Waals surface area contributed by atoms with Gasteiger partial charge in [-0.3, -0.25) is 4.79 Å². The SMILES string of the molecule is COc1ccc(C(F)(F)C(=O)N(CCO)C2CC2)cc1. The molecule has 1 fully saturated rings. The summed E-state index contributed by atoms with van der Waals surface area (Å²) in [5.74, 6) is -4.39. The molecule has 1 aliphatic rings. The number of aliphatic hydroxyl groups excluding tert-OH is 1. The second kappa shape index (κ2) is 5.75. The molecule has 1 saturated carbocycles. The van der Waals surface area contributed by atoms with Gasteiger partial charge in [0.1, 0.15) is 5.75 Å². The summed E-state index contributed by atoms with van der Waals surface area (Å²) in [6.07, 6.45) is 1.43. The third-order valence-corrected chi connectivity index (χ3v) is 3.31. The van der Waals surface area contributed by atoms with Gasteiger partial charge in [0.25, 0.3) is 5.91 Å². The largest absolute Gasteiger partial charge is 0.497 e. The molecule has 0 radical (unpaired) electrons. The maximum absolute atomic E-state index is 14.2. The van der Waals surface area contributed by atoms with Crippen molar-refractivity contribution in [3.63, 3.8) is 0 Å². The van der Waals surface area contributed by atoms with Crippen molar-refractivity contribution in [3.05, 3.63) is 29.8 Å². The molecule has 1 N–H and O–H groups in total. The number of halogens is 2. The smallest absolute Gasteiger partial charge is 0.349 e. The predicted octanol–water partition coefficient (Wildman–Crippen LogP) is 1.77. The highest BCUT2D eigenvalue weighted by Crippen LogP contribution is 2.35. The molecule has 0 heterocycles. The molecule has 6 heteroatoms. The molecule has 0 spiro atoms. The van der Waals surface area contributed by atoms with Crippen LogP contribution in [0.2, 0.25) is 0 Å². The first-order valence-corrected chi connectivity index (χ1v) is 6.45. The molecule has 1 aliphatic carbocycles. The Morgan fingerprint density at radius 2 is 2.00 bits per heavy atom. The first kappa shape index (κ1) is 14.7. The molecule has 1 amide bonds. The molecule has 0 aliphatic heterocycles. The lowest BCUT2D eigenvalue weighted by molar-refractivity contribution is -0.160. The van der Waals surface area contributed by atoms with Gasteiger partial charge in [0.05, 0.1) is 13.7 Å². The van der Waals surface area contributed by atoms with Crippen LogP contribution < -0.4 is 4.74 Å². The molecule has 4 nitrogen and oxygen atoms in total. The average molecular weight is 285 g/mol. The van der Waals surface area contributed by atoms with Crippen molar-refractivity contribution in [2.45, 2.75) is 24.8 Å². The number of amides is 1. The van der Waals surface area contributed by atoms with Crippen molar-refractivity contribution in [2.24, 2.45) is 0 Å². The average Bonchev–Trinajstić information content (AvgIpc) is 3.28. The van der Waals surface area contributed by atoms with Crippen LogP contribution >= 0.6 is 0 Å². The molecule has 0 bridgehead atoms. The van der Waals surface area contributed by atoms with Crippen LogP contribution in [0, 0.1) is 0 Å². The Kier molecular flexibility index (Phi) is 4.23. The van der Waals surface area contributed by atoms with Gasteiger partial charge in [-0.1, -0.05) is 0 Å². The highest BCUT2D eigenvalue weighted by atomic mass is 19.3. The van der Waals surface area contributed by atoms with Crippen molar-refractivity contribution in [1.29, 1.82) is 0 Å². The van der Waals surface area contributed by atoms with Crippen LogP contribution in [0.5, 0.6) is 5.75 Å². The number of carbonyl (C=O) groups excluding carboxylic acids is 1. The number of carbonyl (C=O) groups is 1. The molecule has 0 aromatic heterocycles. The summed E-state index contributed by atoms with van der Waals surface area (Å²) >= 11 is 0. The van der Waals surface area contributed by atoms with Crippen LogP contribution in [-0.2, 0) is 10.7 Å². The van der Waals surface area contributed by atoms with E-state index in [9.17, 15) is 13.6 Å². The number of ether oxygens (including phenoxy) is 1. The van der Waals surface area contributed by atoms with Gasteiger partial charge in [-0.25, -0.2) is 0 Å². The standard InChI is InChI=1S/C14H17F2NO3/c1-20-12-6-2-10(3-7-12)14(15,16)13(19)17(8-9-18)11-4-5-11/h2-3,6-7,11,18H,4-5,8-9H2,1H3. The Morgan fingerprint density at radius 3 is 2.45 bits per heavy atom. The molecule has 20 heavy (non-hydrogen) atoms. The zero-order valence-electron chi connectivity index (χ0n) is 11.2. The van der Waals surface area contributed by atoms with Gasteiger partial charge >= 0.3 is 5.92 Å². The summed E-state index contributed by atoms with van der Waals surface area (Å²) in [6.45, 7) is -0.379. The summed E-state index contributed by atoms with van der Waals surface area (Å²) < 4.78 is 33.4. The first-order chi connectivity index (χ1) is 9.50. The van der Waals surface area contributed by atoms with Gasteiger partial charge in [-0.15, -0.1) is 0 Å². The maximum Gasteiger partial charge on any atom is 0.349 e. The van der Waals surface area contributed by atoms with E-state index in [1.165, 1.54) is 31.4 Å². The van der Waals surface area contributed by atoms with Crippen molar-refractivity contribution >= 4 is 5.91 Å². The van der Waals surface area contributed by atoms with Crippen LogP contribution in [0.1, 0.15) is 18.4 Å². The minimum absolute atomic E-state index is 0.0603. The monoisotopic (exact) mass is 285 g/mol. The number of hydrogen-bond acceptors (Lipinski definition) is 3. The number of benzene rings is 1. The Bertz CT molecular complexity index is 472. The topological polar surface area (TPSA) is 49.8 Å². The molecular formula is C14H17F2NO3. The van der Waals surface area contributed by atoms with Gasteiger partial charge < -0.3 is 14.7 Å². The van der Waals surface area contributed by atoms with E-state index in [2.05, 4.69) is 0 Å². The van der Waals surface area contributed by atoms with E-state index in [0.29, 0.717) is 18.6 Å². The fourth-order valence-corrected chi connectivity index (χ4v) is 2.05. The number of rotatable bonds is 6. The molecule has 1 aromatic rings. The number of nitrogens with zero attached hydrogens (tertiary/aromatic N) is 1. The summed E-state index contributed by atoms with van der Waals surface area (Å²) in [4.78, 5) is 13.1. The van der Waals surface area contributed by atoms with Crippen LogP contribution in [0.25, 0.3) is 0 Å². The third kappa shape index (κ3) is 2.90. The highest BCUT2D eigenvalue weighted by molar-refractivity contribution is 5.85. The summed E-state index contributed by atoms with van der Waals surface area (Å²) in [5.41, 5.74) is -0.369. The predicted molar refractivity (Wildman–Crippen MR) is 68.7 cm³/mol. The molecule has 0 atom stereocenters. The summed E-state index contributed by atoms with van der Waals surface area (Å²) in [7, 11) is 1.44. The number of methoxy groups -OCH3 is 1. The highest BCUT2D eigenvalue weighted by Gasteiger charge is 2.47.